The molecule has 2 rings (SSSR count). The van der Waals surface area contributed by atoms with Crippen molar-refractivity contribution in [2.75, 3.05) is 71.4 Å². The smallest absolute Gasteiger partial charge is 0.379 e. The number of esters is 1. The molecule has 2 aromatic carbocycles. The van der Waals surface area contributed by atoms with Crippen molar-refractivity contribution in [1.29, 1.82) is 0 Å². The molecule has 0 saturated heterocycles. The van der Waals surface area contributed by atoms with Crippen LogP contribution in [0.5, 0.6) is 5.75 Å². The highest BCUT2D eigenvalue weighted by Crippen LogP contribution is 2.15. The molecule has 0 unspecified atom stereocenters. The molecule has 10 heteroatoms. The van der Waals surface area contributed by atoms with E-state index in [0.29, 0.717) is 64.2 Å². The van der Waals surface area contributed by atoms with Gasteiger partial charge in [-0.3, -0.25) is 9.59 Å². The predicted molar refractivity (Wildman–Crippen MR) is 131 cm³/mol. The summed E-state index contributed by atoms with van der Waals surface area (Å²) in [6, 6.07) is 15.3. The second-order valence-corrected chi connectivity index (χ2v) is 7.33. The average molecular weight is 504 g/mol. The molecule has 10 nitrogen and oxygen atoms in total. The highest BCUT2D eigenvalue weighted by molar-refractivity contribution is 6.40. The van der Waals surface area contributed by atoms with Gasteiger partial charge in [-0.15, -0.1) is 0 Å². The number of carbonyl (C=O) groups is 3. The predicted octanol–water partition coefficient (Wildman–Crippen LogP) is 2.52. The molecular weight excluding hydrogens is 470 g/mol. The van der Waals surface area contributed by atoms with Crippen molar-refractivity contribution in [1.82, 2.24) is 0 Å². The molecule has 196 valence electrons. The summed E-state index contributed by atoms with van der Waals surface area (Å²) in [7, 11) is 0. The van der Waals surface area contributed by atoms with Crippen LogP contribution in [-0.2, 0) is 33.3 Å². The first-order valence-electron chi connectivity index (χ1n) is 11.6. The van der Waals surface area contributed by atoms with Crippen LogP contribution in [0.15, 0.2) is 54.6 Å². The van der Waals surface area contributed by atoms with Gasteiger partial charge in [-0.1, -0.05) is 30.3 Å². The topological polar surface area (TPSA) is 119 Å². The zero-order valence-electron chi connectivity index (χ0n) is 20.4. The molecule has 0 aromatic heterocycles. The highest BCUT2D eigenvalue weighted by Gasteiger charge is 2.17. The standard InChI is InChI=1S/C26H33NO9/c1-21(28)27-23-7-9-24(10-8-23)35-19-17-33-15-13-31-11-12-32-14-16-34-18-20-36-26(30)25(29)22-5-3-2-4-6-22/h2-10H,11-20H2,1H3,(H,27,28). The Bertz CT molecular complexity index is 903. The maximum Gasteiger partial charge on any atom is 0.379 e. The van der Waals surface area contributed by atoms with Gasteiger partial charge in [-0.25, -0.2) is 4.79 Å². The number of rotatable bonds is 19. The van der Waals surface area contributed by atoms with Gasteiger partial charge in [0.05, 0.1) is 52.9 Å². The first kappa shape index (κ1) is 28.9. The first-order chi connectivity index (χ1) is 17.6. The summed E-state index contributed by atoms with van der Waals surface area (Å²) < 4.78 is 32.0. The van der Waals surface area contributed by atoms with Gasteiger partial charge in [-0.2, -0.15) is 0 Å². The van der Waals surface area contributed by atoms with Gasteiger partial charge < -0.3 is 33.7 Å². The number of amides is 1. The molecule has 0 aliphatic rings. The minimum atomic E-state index is -0.899. The molecule has 2 aromatic rings. The van der Waals surface area contributed by atoms with E-state index in [-0.39, 0.29) is 19.1 Å². The van der Waals surface area contributed by atoms with Crippen LogP contribution in [-0.4, -0.2) is 83.7 Å². The lowest BCUT2D eigenvalue weighted by atomic mass is 10.1. The van der Waals surface area contributed by atoms with Crippen LogP contribution in [0.1, 0.15) is 17.3 Å². The molecule has 0 aliphatic carbocycles. The van der Waals surface area contributed by atoms with Gasteiger partial charge in [-0.05, 0) is 24.3 Å². The summed E-state index contributed by atoms with van der Waals surface area (Å²) in [6.07, 6.45) is 0. The first-order valence-corrected chi connectivity index (χ1v) is 11.6. The lowest BCUT2D eigenvalue weighted by Crippen LogP contribution is -2.20. The van der Waals surface area contributed by atoms with Crippen LogP contribution in [0.25, 0.3) is 0 Å². The van der Waals surface area contributed by atoms with E-state index in [1.165, 1.54) is 6.92 Å². The molecule has 0 saturated carbocycles. The summed E-state index contributed by atoms with van der Waals surface area (Å²) in [5, 5.41) is 2.69. The lowest BCUT2D eigenvalue weighted by Gasteiger charge is -2.09. The number of hydrogen-bond donors (Lipinski definition) is 1. The number of nitrogens with one attached hydrogen (secondary N) is 1. The minimum Gasteiger partial charge on any atom is -0.491 e. The van der Waals surface area contributed by atoms with Gasteiger partial charge in [0.15, 0.2) is 0 Å². The Morgan fingerprint density at radius 1 is 0.639 bits per heavy atom. The monoisotopic (exact) mass is 503 g/mol. The number of ketones is 1. The van der Waals surface area contributed by atoms with Crippen LogP contribution >= 0.6 is 0 Å². The number of Topliss-reactive ketones (excluding diaryl/α,β-unsaturated/α-hetero) is 1. The van der Waals surface area contributed by atoms with Gasteiger partial charge in [0, 0.05) is 18.2 Å². The minimum absolute atomic E-state index is 0.00353. The van der Waals surface area contributed by atoms with E-state index < -0.39 is 11.8 Å². The molecule has 0 radical (unpaired) electrons. The Morgan fingerprint density at radius 3 is 1.67 bits per heavy atom. The number of anilines is 1. The van der Waals surface area contributed by atoms with E-state index >= 15 is 0 Å². The van der Waals surface area contributed by atoms with Crippen LogP contribution in [0.2, 0.25) is 0 Å². The van der Waals surface area contributed by atoms with Crippen LogP contribution in [0.4, 0.5) is 5.69 Å². The number of ether oxygens (including phenoxy) is 6. The second-order valence-electron chi connectivity index (χ2n) is 7.33. The zero-order valence-corrected chi connectivity index (χ0v) is 20.4. The Morgan fingerprint density at radius 2 is 1.14 bits per heavy atom. The highest BCUT2D eigenvalue weighted by atomic mass is 16.6. The Labute approximate surface area is 210 Å². The van der Waals surface area contributed by atoms with Gasteiger partial charge in [0.25, 0.3) is 5.78 Å². The van der Waals surface area contributed by atoms with Crippen molar-refractivity contribution in [3.05, 3.63) is 60.2 Å². The summed E-state index contributed by atoms with van der Waals surface area (Å²) >= 11 is 0. The third kappa shape index (κ3) is 13.0. The van der Waals surface area contributed by atoms with E-state index in [1.54, 1.807) is 54.6 Å². The van der Waals surface area contributed by atoms with Crippen molar-refractivity contribution < 1.29 is 42.8 Å². The second kappa shape index (κ2) is 18.0. The van der Waals surface area contributed by atoms with E-state index in [2.05, 4.69) is 5.32 Å². The third-order valence-corrected chi connectivity index (χ3v) is 4.47. The summed E-state index contributed by atoms with van der Waals surface area (Å²) in [5.74, 6) is -0.996. The van der Waals surface area contributed by atoms with Gasteiger partial charge in [0.2, 0.25) is 5.91 Å². The lowest BCUT2D eigenvalue weighted by molar-refractivity contribution is -0.139. The van der Waals surface area contributed by atoms with Crippen molar-refractivity contribution in [3.63, 3.8) is 0 Å². The fraction of sp³-hybridized carbons (Fsp3) is 0.423. The maximum absolute atomic E-state index is 11.8. The normalized spacial score (nSPS) is 10.6. The quantitative estimate of drug-likeness (QED) is 0.133. The Kier molecular flexibility index (Phi) is 14.5. The van der Waals surface area contributed by atoms with E-state index in [4.69, 9.17) is 28.4 Å². The van der Waals surface area contributed by atoms with Gasteiger partial charge in [0.1, 0.15) is 19.0 Å². The summed E-state index contributed by atoms with van der Waals surface area (Å²) in [4.78, 5) is 34.5. The maximum atomic E-state index is 11.8. The molecule has 0 spiro atoms. The largest absolute Gasteiger partial charge is 0.491 e. The number of benzene rings is 2. The summed E-state index contributed by atoms with van der Waals surface area (Å²) in [5.41, 5.74) is 1.01. The van der Waals surface area contributed by atoms with Crippen molar-refractivity contribution in [3.8, 4) is 5.75 Å². The average Bonchev–Trinajstić information content (AvgIpc) is 2.89. The van der Waals surface area contributed by atoms with Crippen molar-refractivity contribution in [2.24, 2.45) is 0 Å². The fourth-order valence-corrected chi connectivity index (χ4v) is 2.78. The molecule has 1 amide bonds. The molecular formula is C26H33NO9. The van der Waals surface area contributed by atoms with Crippen LogP contribution in [0.3, 0.4) is 0 Å². The number of hydrogen-bond acceptors (Lipinski definition) is 9. The number of carbonyl (C=O) groups excluding carboxylic acids is 3. The Balaban J connectivity index is 1.32. The van der Waals surface area contributed by atoms with E-state index in [1.807, 2.05) is 0 Å². The van der Waals surface area contributed by atoms with Gasteiger partial charge >= 0.3 is 5.97 Å². The molecule has 0 atom stereocenters. The fourth-order valence-electron chi connectivity index (χ4n) is 2.78. The molecule has 0 aliphatic heterocycles. The van der Waals surface area contributed by atoms with Crippen LogP contribution in [0, 0.1) is 0 Å². The van der Waals surface area contributed by atoms with Crippen molar-refractivity contribution in [2.45, 2.75) is 6.92 Å². The molecule has 0 heterocycles. The molecule has 0 bridgehead atoms. The van der Waals surface area contributed by atoms with E-state index in [0.717, 1.165) is 5.69 Å². The summed E-state index contributed by atoms with van der Waals surface area (Å²) in [6.45, 7) is 4.92. The molecule has 1 N–H and O–H groups in total. The zero-order chi connectivity index (χ0) is 25.8. The van der Waals surface area contributed by atoms with E-state index in [9.17, 15) is 14.4 Å². The molecule has 0 fully saturated rings. The Hall–Kier alpha value is -3.31. The SMILES string of the molecule is CC(=O)Nc1ccc(OCCOCCOCCOCCOCCOC(=O)C(=O)c2ccccc2)cc1. The molecule has 36 heavy (non-hydrogen) atoms. The van der Waals surface area contributed by atoms with Crippen LogP contribution < -0.4 is 10.1 Å². The van der Waals surface area contributed by atoms with Crippen molar-refractivity contribution >= 4 is 23.3 Å². The third-order valence-electron chi connectivity index (χ3n) is 4.47.